The second kappa shape index (κ2) is 5.53. The highest BCUT2D eigenvalue weighted by Crippen LogP contribution is 2.15. The van der Waals surface area contributed by atoms with Gasteiger partial charge in [0.15, 0.2) is 9.84 Å². The van der Waals surface area contributed by atoms with Crippen molar-refractivity contribution in [3.05, 3.63) is 53.7 Å². The number of nitrogens with zero attached hydrogens (tertiary/aromatic N) is 1. The zero-order valence-corrected chi connectivity index (χ0v) is 11.9. The number of benzene rings is 1. The zero-order valence-electron chi connectivity index (χ0n) is 11.1. The molecular formula is C15H17NO2S. The summed E-state index contributed by atoms with van der Waals surface area (Å²) in [5, 5.41) is 0.970. The molecule has 0 amide bonds. The maximum atomic E-state index is 12.0. The van der Waals surface area contributed by atoms with Gasteiger partial charge in [-0.3, -0.25) is 4.98 Å². The van der Waals surface area contributed by atoms with Crippen LogP contribution in [0.5, 0.6) is 0 Å². The van der Waals surface area contributed by atoms with Crippen molar-refractivity contribution in [2.24, 2.45) is 0 Å². The van der Waals surface area contributed by atoms with Crippen molar-refractivity contribution in [1.82, 2.24) is 4.98 Å². The summed E-state index contributed by atoms with van der Waals surface area (Å²) in [6.07, 6.45) is 3.47. The number of fused-ring (bicyclic) bond motifs is 1. The molecule has 0 atom stereocenters. The van der Waals surface area contributed by atoms with Crippen LogP contribution in [-0.2, 0) is 15.6 Å². The van der Waals surface area contributed by atoms with E-state index in [1.807, 2.05) is 50.3 Å². The standard InChI is InChI=1S/C15H17NO2S/c1-3-12(2)10-19(17,18)11-13-8-14-6-4-5-7-15(14)16-9-13/h3-9H,10-11H2,1-2H3/b12-3+. The molecule has 0 radical (unpaired) electrons. The molecule has 1 aromatic heterocycles. The molecule has 0 unspecified atom stereocenters. The number of aromatic nitrogens is 1. The lowest BCUT2D eigenvalue weighted by atomic mass is 10.2. The van der Waals surface area contributed by atoms with Crippen molar-refractivity contribution >= 4 is 20.7 Å². The first-order valence-electron chi connectivity index (χ1n) is 6.16. The summed E-state index contributed by atoms with van der Waals surface area (Å²) in [5.41, 5.74) is 2.49. The predicted molar refractivity (Wildman–Crippen MR) is 78.7 cm³/mol. The van der Waals surface area contributed by atoms with Crippen LogP contribution in [-0.4, -0.2) is 19.2 Å². The van der Waals surface area contributed by atoms with Gasteiger partial charge in [0.2, 0.25) is 0 Å². The van der Waals surface area contributed by atoms with Gasteiger partial charge in [-0.05, 0) is 31.5 Å². The van der Waals surface area contributed by atoms with Crippen molar-refractivity contribution in [3.8, 4) is 0 Å². The molecule has 0 fully saturated rings. The molecule has 0 aliphatic rings. The van der Waals surface area contributed by atoms with Crippen LogP contribution in [0.1, 0.15) is 19.4 Å². The van der Waals surface area contributed by atoms with Gasteiger partial charge in [0.05, 0.1) is 17.0 Å². The molecule has 4 heteroatoms. The number of sulfone groups is 1. The van der Waals surface area contributed by atoms with E-state index in [1.165, 1.54) is 0 Å². The fourth-order valence-corrected chi connectivity index (χ4v) is 3.56. The van der Waals surface area contributed by atoms with E-state index < -0.39 is 9.84 Å². The third-order valence-corrected chi connectivity index (χ3v) is 4.64. The fraction of sp³-hybridized carbons (Fsp3) is 0.267. The van der Waals surface area contributed by atoms with Crippen LogP contribution >= 0.6 is 0 Å². The van der Waals surface area contributed by atoms with Gasteiger partial charge in [-0.1, -0.05) is 29.8 Å². The minimum Gasteiger partial charge on any atom is -0.256 e. The Labute approximate surface area is 113 Å². The topological polar surface area (TPSA) is 47.0 Å². The lowest BCUT2D eigenvalue weighted by Gasteiger charge is -2.05. The highest BCUT2D eigenvalue weighted by molar-refractivity contribution is 7.90. The van der Waals surface area contributed by atoms with E-state index in [9.17, 15) is 8.42 Å². The molecule has 2 aromatic rings. The van der Waals surface area contributed by atoms with Gasteiger partial charge in [-0.2, -0.15) is 0 Å². The zero-order chi connectivity index (χ0) is 13.9. The molecule has 2 rings (SSSR count). The van der Waals surface area contributed by atoms with Crippen molar-refractivity contribution in [2.75, 3.05) is 5.75 Å². The third kappa shape index (κ3) is 3.64. The molecule has 3 nitrogen and oxygen atoms in total. The first-order valence-corrected chi connectivity index (χ1v) is 7.98. The van der Waals surface area contributed by atoms with Crippen molar-refractivity contribution in [1.29, 1.82) is 0 Å². The summed E-state index contributed by atoms with van der Waals surface area (Å²) in [6, 6.07) is 9.59. The number of rotatable bonds is 4. The van der Waals surface area contributed by atoms with E-state index in [0.29, 0.717) is 0 Å². The highest BCUT2D eigenvalue weighted by atomic mass is 32.2. The molecule has 0 aliphatic carbocycles. The van der Waals surface area contributed by atoms with Crippen molar-refractivity contribution in [2.45, 2.75) is 19.6 Å². The summed E-state index contributed by atoms with van der Waals surface area (Å²) in [5.74, 6) is 0.145. The number of allylic oxidation sites excluding steroid dienone is 1. The Kier molecular flexibility index (Phi) is 4.00. The fourth-order valence-electron chi connectivity index (χ4n) is 1.93. The number of para-hydroxylation sites is 1. The Morgan fingerprint density at radius 1 is 1.32 bits per heavy atom. The Bertz CT molecular complexity index is 718. The van der Waals surface area contributed by atoms with E-state index in [1.54, 1.807) is 6.20 Å². The Balaban J connectivity index is 2.26. The largest absolute Gasteiger partial charge is 0.256 e. The summed E-state index contributed by atoms with van der Waals surface area (Å²) in [7, 11) is -3.12. The molecule has 0 N–H and O–H groups in total. The van der Waals surface area contributed by atoms with Gasteiger partial charge in [0.1, 0.15) is 0 Å². The van der Waals surface area contributed by atoms with Gasteiger partial charge >= 0.3 is 0 Å². The number of pyridine rings is 1. The van der Waals surface area contributed by atoms with Crippen LogP contribution in [0.4, 0.5) is 0 Å². The predicted octanol–water partition coefficient (Wildman–Crippen LogP) is 3.12. The van der Waals surface area contributed by atoms with Crippen LogP contribution in [0.25, 0.3) is 10.9 Å². The maximum absolute atomic E-state index is 12.0. The molecule has 100 valence electrons. The molecule has 1 heterocycles. The van der Waals surface area contributed by atoms with E-state index in [4.69, 9.17) is 0 Å². The summed E-state index contributed by atoms with van der Waals surface area (Å²) >= 11 is 0. The molecule has 19 heavy (non-hydrogen) atoms. The molecule has 0 saturated heterocycles. The average molecular weight is 275 g/mol. The second-order valence-corrected chi connectivity index (χ2v) is 6.77. The van der Waals surface area contributed by atoms with Gasteiger partial charge in [-0.25, -0.2) is 8.42 Å². The van der Waals surface area contributed by atoms with E-state index in [-0.39, 0.29) is 11.5 Å². The van der Waals surface area contributed by atoms with Gasteiger partial charge in [0.25, 0.3) is 0 Å². The summed E-state index contributed by atoms with van der Waals surface area (Å²) < 4.78 is 24.1. The van der Waals surface area contributed by atoms with Crippen LogP contribution in [0.3, 0.4) is 0 Å². The van der Waals surface area contributed by atoms with Crippen LogP contribution in [0, 0.1) is 0 Å². The Hall–Kier alpha value is -1.68. The average Bonchev–Trinajstić information content (AvgIpc) is 2.37. The SMILES string of the molecule is C/C=C(\C)CS(=O)(=O)Cc1cnc2ccccc2c1. The van der Waals surface area contributed by atoms with Gasteiger partial charge in [-0.15, -0.1) is 0 Å². The minimum atomic E-state index is -3.12. The number of hydrogen-bond donors (Lipinski definition) is 0. The second-order valence-electron chi connectivity index (χ2n) is 4.70. The van der Waals surface area contributed by atoms with Crippen LogP contribution in [0.2, 0.25) is 0 Å². The Morgan fingerprint density at radius 2 is 2.05 bits per heavy atom. The molecule has 0 spiro atoms. The van der Waals surface area contributed by atoms with E-state index >= 15 is 0 Å². The normalized spacial score (nSPS) is 12.8. The molecule has 0 aliphatic heterocycles. The monoisotopic (exact) mass is 275 g/mol. The summed E-state index contributed by atoms with van der Waals surface area (Å²) in [4.78, 5) is 4.29. The lowest BCUT2D eigenvalue weighted by Crippen LogP contribution is -2.10. The smallest absolute Gasteiger partial charge is 0.158 e. The third-order valence-electron chi connectivity index (χ3n) is 2.97. The van der Waals surface area contributed by atoms with Crippen LogP contribution in [0.15, 0.2) is 48.2 Å². The van der Waals surface area contributed by atoms with Crippen molar-refractivity contribution < 1.29 is 8.42 Å². The minimum absolute atomic E-state index is 0.0377. The first kappa shape index (κ1) is 13.7. The van der Waals surface area contributed by atoms with Crippen molar-refractivity contribution in [3.63, 3.8) is 0 Å². The lowest BCUT2D eigenvalue weighted by molar-refractivity contribution is 0.597. The molecular weight excluding hydrogens is 258 g/mol. The number of hydrogen-bond acceptors (Lipinski definition) is 3. The first-order chi connectivity index (χ1) is 9.00. The summed E-state index contributed by atoms with van der Waals surface area (Å²) in [6.45, 7) is 3.68. The van der Waals surface area contributed by atoms with Gasteiger partial charge in [0, 0.05) is 11.6 Å². The van der Waals surface area contributed by atoms with E-state index in [0.717, 1.165) is 22.0 Å². The van der Waals surface area contributed by atoms with Crippen LogP contribution < -0.4 is 0 Å². The Morgan fingerprint density at radius 3 is 2.79 bits per heavy atom. The maximum Gasteiger partial charge on any atom is 0.158 e. The molecule has 1 aromatic carbocycles. The van der Waals surface area contributed by atoms with Gasteiger partial charge < -0.3 is 0 Å². The van der Waals surface area contributed by atoms with E-state index in [2.05, 4.69) is 4.98 Å². The molecule has 0 bridgehead atoms. The quantitative estimate of drug-likeness (QED) is 0.805. The molecule has 0 saturated carbocycles. The highest BCUT2D eigenvalue weighted by Gasteiger charge is 2.13.